The Hall–Kier alpha value is -2.21. The Morgan fingerprint density at radius 3 is 2.38 bits per heavy atom. The van der Waals surface area contributed by atoms with Gasteiger partial charge in [-0.1, -0.05) is 24.3 Å². The first-order valence-corrected chi connectivity index (χ1v) is 10.1. The SMILES string of the molecule is C[C@@H](O)[C@@H](C)O[C@H]1C[C@@](C)(Cl)Cc2c1cc1c(c2O)C(=O)c2ccccc2C1=O. The Balaban J connectivity index is 1.90. The first kappa shape index (κ1) is 20.1. The van der Waals surface area contributed by atoms with Crippen molar-refractivity contribution in [3.8, 4) is 5.75 Å². The lowest BCUT2D eigenvalue weighted by molar-refractivity contribution is -0.0713. The van der Waals surface area contributed by atoms with Gasteiger partial charge in [-0.15, -0.1) is 11.6 Å². The molecule has 152 valence electrons. The van der Waals surface area contributed by atoms with Crippen LogP contribution in [-0.4, -0.2) is 38.9 Å². The zero-order valence-electron chi connectivity index (χ0n) is 16.5. The number of carbonyl (C=O) groups is 2. The maximum atomic E-state index is 13.1. The van der Waals surface area contributed by atoms with Crippen molar-refractivity contribution in [2.24, 2.45) is 0 Å². The molecule has 29 heavy (non-hydrogen) atoms. The van der Waals surface area contributed by atoms with Crippen molar-refractivity contribution >= 4 is 23.2 Å². The summed E-state index contributed by atoms with van der Waals surface area (Å²) < 4.78 is 6.05. The van der Waals surface area contributed by atoms with Crippen molar-refractivity contribution < 1.29 is 24.5 Å². The number of phenolic OH excluding ortho intramolecular Hbond substituents is 1. The van der Waals surface area contributed by atoms with Gasteiger partial charge in [-0.25, -0.2) is 0 Å². The van der Waals surface area contributed by atoms with Crippen LogP contribution in [0.25, 0.3) is 0 Å². The fourth-order valence-corrected chi connectivity index (χ4v) is 4.48. The second-order valence-corrected chi connectivity index (χ2v) is 9.20. The maximum Gasteiger partial charge on any atom is 0.198 e. The van der Waals surface area contributed by atoms with E-state index >= 15 is 0 Å². The highest BCUT2D eigenvalue weighted by Crippen LogP contribution is 2.48. The minimum Gasteiger partial charge on any atom is -0.507 e. The summed E-state index contributed by atoms with van der Waals surface area (Å²) in [7, 11) is 0. The molecule has 0 unspecified atom stereocenters. The smallest absolute Gasteiger partial charge is 0.198 e. The fourth-order valence-electron chi connectivity index (χ4n) is 4.20. The topological polar surface area (TPSA) is 83.8 Å². The van der Waals surface area contributed by atoms with E-state index in [-0.39, 0.29) is 28.4 Å². The van der Waals surface area contributed by atoms with Crippen LogP contribution in [0.4, 0.5) is 0 Å². The van der Waals surface area contributed by atoms with E-state index in [9.17, 15) is 19.8 Å². The van der Waals surface area contributed by atoms with Gasteiger partial charge in [0.2, 0.25) is 0 Å². The molecule has 0 bridgehead atoms. The van der Waals surface area contributed by atoms with Crippen LogP contribution in [0.1, 0.15) is 76.3 Å². The molecule has 2 N–H and O–H groups in total. The molecule has 0 spiro atoms. The first-order valence-electron chi connectivity index (χ1n) is 9.70. The van der Waals surface area contributed by atoms with Gasteiger partial charge in [0.15, 0.2) is 11.6 Å². The average Bonchev–Trinajstić information content (AvgIpc) is 2.66. The summed E-state index contributed by atoms with van der Waals surface area (Å²) in [6.45, 7) is 5.24. The Morgan fingerprint density at radius 2 is 1.76 bits per heavy atom. The van der Waals surface area contributed by atoms with Gasteiger partial charge in [0.25, 0.3) is 0 Å². The maximum absolute atomic E-state index is 13.1. The number of carbonyl (C=O) groups excluding carboxylic acids is 2. The quantitative estimate of drug-likeness (QED) is 0.634. The molecule has 5 nitrogen and oxygen atoms in total. The molecule has 0 saturated carbocycles. The monoisotopic (exact) mass is 414 g/mol. The van der Waals surface area contributed by atoms with Gasteiger partial charge in [0.1, 0.15) is 5.75 Å². The number of benzene rings is 2. The summed E-state index contributed by atoms with van der Waals surface area (Å²) in [6, 6.07) is 8.28. The number of rotatable bonds is 3. The molecule has 0 amide bonds. The number of ether oxygens (including phenoxy) is 1. The van der Waals surface area contributed by atoms with Crippen molar-refractivity contribution in [3.05, 3.63) is 63.7 Å². The Morgan fingerprint density at radius 1 is 1.14 bits per heavy atom. The lowest BCUT2D eigenvalue weighted by Gasteiger charge is -2.38. The number of hydrogen-bond acceptors (Lipinski definition) is 5. The van der Waals surface area contributed by atoms with Gasteiger partial charge in [-0.2, -0.15) is 0 Å². The number of phenols is 1. The second kappa shape index (κ2) is 6.94. The third-order valence-corrected chi connectivity index (χ3v) is 6.18. The lowest BCUT2D eigenvalue weighted by atomic mass is 9.75. The summed E-state index contributed by atoms with van der Waals surface area (Å²) >= 11 is 6.65. The van der Waals surface area contributed by atoms with Crippen LogP contribution in [0, 0.1) is 0 Å². The number of aliphatic hydroxyl groups is 1. The van der Waals surface area contributed by atoms with Gasteiger partial charge in [-0.05, 0) is 45.2 Å². The van der Waals surface area contributed by atoms with Crippen molar-refractivity contribution in [3.63, 3.8) is 0 Å². The number of aliphatic hydroxyl groups excluding tert-OH is 1. The van der Waals surface area contributed by atoms with Crippen LogP contribution in [0.3, 0.4) is 0 Å². The van der Waals surface area contributed by atoms with Crippen molar-refractivity contribution in [2.75, 3.05) is 0 Å². The van der Waals surface area contributed by atoms with E-state index in [2.05, 4.69) is 0 Å². The van der Waals surface area contributed by atoms with Gasteiger partial charge in [-0.3, -0.25) is 9.59 Å². The van der Waals surface area contributed by atoms with E-state index in [1.807, 2.05) is 6.92 Å². The molecule has 0 aliphatic heterocycles. The summed E-state index contributed by atoms with van der Waals surface area (Å²) in [6.07, 6.45) is -0.870. The third-order valence-electron chi connectivity index (χ3n) is 5.89. The Labute approximate surface area is 174 Å². The summed E-state index contributed by atoms with van der Waals surface area (Å²) in [5, 5.41) is 20.9. The molecule has 0 aromatic heterocycles. The third kappa shape index (κ3) is 3.27. The molecule has 2 aliphatic carbocycles. The van der Waals surface area contributed by atoms with E-state index < -0.39 is 23.2 Å². The number of fused-ring (bicyclic) bond motifs is 3. The normalized spacial score (nSPS) is 25.1. The van der Waals surface area contributed by atoms with E-state index in [1.165, 1.54) is 0 Å². The number of aromatic hydroxyl groups is 1. The molecule has 0 fully saturated rings. The number of halogens is 1. The standard InChI is InChI=1S/C23H23ClO5/c1-11(25)12(2)29-18-10-23(3,24)9-17-15(18)8-16-19(22(17)28)21(27)14-7-5-4-6-13(14)20(16)26/h4-8,11-12,18,25,28H,9-10H2,1-3H3/t11-,12-,18+,23+/m1/s1. The van der Waals surface area contributed by atoms with Crippen molar-refractivity contribution in [1.29, 1.82) is 0 Å². The van der Waals surface area contributed by atoms with Gasteiger partial charge in [0, 0.05) is 27.1 Å². The number of hydrogen-bond donors (Lipinski definition) is 2. The van der Waals surface area contributed by atoms with Crippen LogP contribution >= 0.6 is 11.6 Å². The van der Waals surface area contributed by atoms with Crippen LogP contribution in [-0.2, 0) is 11.2 Å². The molecule has 2 aliphatic rings. The van der Waals surface area contributed by atoms with Crippen molar-refractivity contribution in [1.82, 2.24) is 0 Å². The molecular weight excluding hydrogens is 392 g/mol. The highest BCUT2D eigenvalue weighted by atomic mass is 35.5. The largest absolute Gasteiger partial charge is 0.507 e. The summed E-state index contributed by atoms with van der Waals surface area (Å²) in [4.78, 5) is 25.5. The first-order chi connectivity index (χ1) is 13.6. The molecule has 0 saturated heterocycles. The van der Waals surface area contributed by atoms with Crippen LogP contribution in [0.2, 0.25) is 0 Å². The highest BCUT2D eigenvalue weighted by molar-refractivity contribution is 6.29. The van der Waals surface area contributed by atoms with E-state index in [1.54, 1.807) is 44.2 Å². The minimum atomic E-state index is -0.693. The highest BCUT2D eigenvalue weighted by Gasteiger charge is 2.41. The summed E-state index contributed by atoms with van der Waals surface area (Å²) in [5.74, 6) is -0.864. The van der Waals surface area contributed by atoms with Crippen LogP contribution in [0.15, 0.2) is 30.3 Å². The van der Waals surface area contributed by atoms with E-state index in [4.69, 9.17) is 16.3 Å². The molecule has 6 heteroatoms. The van der Waals surface area contributed by atoms with Crippen LogP contribution < -0.4 is 0 Å². The predicted octanol–water partition coefficient (Wildman–Crippen LogP) is 3.94. The average molecular weight is 415 g/mol. The summed E-state index contributed by atoms with van der Waals surface area (Å²) in [5.41, 5.74) is 2.01. The molecule has 0 radical (unpaired) electrons. The molecule has 2 aromatic rings. The van der Waals surface area contributed by atoms with E-state index in [0.717, 1.165) is 0 Å². The molecule has 0 heterocycles. The van der Waals surface area contributed by atoms with Gasteiger partial charge in [0.05, 0.1) is 23.9 Å². The molecule has 4 atom stereocenters. The minimum absolute atomic E-state index is 0.0316. The second-order valence-electron chi connectivity index (χ2n) is 8.28. The lowest BCUT2D eigenvalue weighted by Crippen LogP contribution is -2.35. The fraction of sp³-hybridized carbons (Fsp3) is 0.391. The molecule has 2 aromatic carbocycles. The predicted molar refractivity (Wildman–Crippen MR) is 109 cm³/mol. The molecular formula is C23H23ClO5. The van der Waals surface area contributed by atoms with Crippen molar-refractivity contribution in [2.45, 2.75) is 56.8 Å². The van der Waals surface area contributed by atoms with Gasteiger partial charge < -0.3 is 14.9 Å². The zero-order chi connectivity index (χ0) is 21.1. The van der Waals surface area contributed by atoms with Crippen LogP contribution in [0.5, 0.6) is 5.75 Å². The Bertz CT molecular complexity index is 1020. The Kier molecular flexibility index (Phi) is 4.80. The zero-order valence-corrected chi connectivity index (χ0v) is 17.3. The van der Waals surface area contributed by atoms with Gasteiger partial charge >= 0.3 is 0 Å². The van der Waals surface area contributed by atoms with E-state index in [0.29, 0.717) is 35.1 Å². The molecule has 4 rings (SSSR count). The number of ketones is 2. The number of alkyl halides is 1.